The Morgan fingerprint density at radius 1 is 1.47 bits per heavy atom. The number of halogens is 1. The minimum atomic E-state index is -3.08. The molecule has 0 radical (unpaired) electrons. The molecule has 0 saturated carbocycles. The molecule has 0 amide bonds. The molecule has 0 aromatic heterocycles. The second kappa shape index (κ2) is 4.41. The Hall–Kier alpha value is -1.41. The third kappa shape index (κ3) is 3.68. The quantitative estimate of drug-likeness (QED) is 0.740. The van der Waals surface area contributed by atoms with Crippen LogP contribution in [-0.4, -0.2) is 20.4 Å². The highest BCUT2D eigenvalue weighted by molar-refractivity contribution is 7.90. The fourth-order valence-corrected chi connectivity index (χ4v) is 1.69. The first kappa shape index (κ1) is 11.7. The van der Waals surface area contributed by atoms with E-state index in [0.29, 0.717) is 5.56 Å². The van der Waals surface area contributed by atoms with Crippen LogP contribution in [0, 0.1) is 12.4 Å². The topological polar surface area (TPSA) is 38.5 Å². The normalized spacial score (nSPS) is 11.0. The van der Waals surface area contributed by atoms with Gasteiger partial charge in [-0.3, -0.25) is 0 Å². The first-order valence-electron chi connectivity index (χ1n) is 4.26. The Morgan fingerprint density at radius 3 is 2.60 bits per heavy atom. The summed E-state index contributed by atoms with van der Waals surface area (Å²) in [5, 5.41) is 0. The van der Waals surface area contributed by atoms with Gasteiger partial charge in [0.25, 0.3) is 0 Å². The summed E-state index contributed by atoms with van der Waals surface area (Å²) >= 11 is 0. The van der Waals surface area contributed by atoms with Crippen LogP contribution < -0.4 is 0 Å². The zero-order valence-corrected chi connectivity index (χ0v) is 9.01. The summed E-state index contributed by atoms with van der Waals surface area (Å²) in [5.41, 5.74) is 0.545. The molecule has 0 heterocycles. The number of nitrogens with zero attached hydrogens (tertiary/aromatic N) is 1. The van der Waals surface area contributed by atoms with E-state index >= 15 is 0 Å². The van der Waals surface area contributed by atoms with Crippen molar-refractivity contribution < 1.29 is 12.8 Å². The van der Waals surface area contributed by atoms with Crippen molar-refractivity contribution in [2.45, 2.75) is 6.42 Å². The Labute approximate surface area is 88.3 Å². The molecule has 0 aliphatic heterocycles. The molecular formula is C10H10FNO2S. The molecule has 1 rings (SSSR count). The first-order chi connectivity index (χ1) is 6.92. The molecule has 1 aromatic rings. The van der Waals surface area contributed by atoms with Gasteiger partial charge < -0.3 is 0 Å². The van der Waals surface area contributed by atoms with Gasteiger partial charge >= 0.3 is 0 Å². The Morgan fingerprint density at radius 2 is 2.13 bits per heavy atom. The molecule has 80 valence electrons. The zero-order valence-electron chi connectivity index (χ0n) is 8.20. The lowest BCUT2D eigenvalue weighted by Gasteiger charge is -2.02. The van der Waals surface area contributed by atoms with Crippen molar-refractivity contribution in [3.8, 4) is 0 Å². The van der Waals surface area contributed by atoms with E-state index in [1.54, 1.807) is 0 Å². The number of sulfone groups is 1. The standard InChI is InChI=1S/C10H10FNO2S/c1-12-9-4-3-8(10(11)7-9)5-6-15(2,13)14/h3-4,7H,5-6H2,2H3. The maximum absolute atomic E-state index is 13.3. The van der Waals surface area contributed by atoms with E-state index in [4.69, 9.17) is 6.57 Å². The highest BCUT2D eigenvalue weighted by Crippen LogP contribution is 2.17. The van der Waals surface area contributed by atoms with Crippen LogP contribution in [0.15, 0.2) is 18.2 Å². The van der Waals surface area contributed by atoms with Gasteiger partial charge in [0.2, 0.25) is 0 Å². The van der Waals surface area contributed by atoms with Crippen LogP contribution in [0.3, 0.4) is 0 Å². The second-order valence-corrected chi connectivity index (χ2v) is 5.53. The fraction of sp³-hybridized carbons (Fsp3) is 0.300. The van der Waals surface area contributed by atoms with Crippen LogP contribution in [0.25, 0.3) is 4.85 Å². The monoisotopic (exact) mass is 227 g/mol. The number of hydrogen-bond donors (Lipinski definition) is 0. The predicted octanol–water partition coefficient (Wildman–Crippen LogP) is 1.96. The molecule has 0 fully saturated rings. The lowest BCUT2D eigenvalue weighted by atomic mass is 10.1. The molecule has 0 spiro atoms. The van der Waals surface area contributed by atoms with Crippen LogP contribution in [0.2, 0.25) is 0 Å². The van der Waals surface area contributed by atoms with Crippen molar-refractivity contribution >= 4 is 15.5 Å². The van der Waals surface area contributed by atoms with Crippen molar-refractivity contribution in [1.82, 2.24) is 0 Å². The van der Waals surface area contributed by atoms with Gasteiger partial charge in [-0.15, -0.1) is 0 Å². The van der Waals surface area contributed by atoms with Crippen LogP contribution in [-0.2, 0) is 16.3 Å². The molecule has 3 nitrogen and oxygen atoms in total. The minimum Gasteiger partial charge on any atom is -0.238 e. The van der Waals surface area contributed by atoms with Gasteiger partial charge in [0.05, 0.1) is 12.3 Å². The van der Waals surface area contributed by atoms with E-state index in [1.165, 1.54) is 12.1 Å². The van der Waals surface area contributed by atoms with Gasteiger partial charge in [0.1, 0.15) is 15.7 Å². The summed E-state index contributed by atoms with van der Waals surface area (Å²) in [5.74, 6) is -0.603. The number of aryl methyl sites for hydroxylation is 1. The average Bonchev–Trinajstić information content (AvgIpc) is 2.14. The smallest absolute Gasteiger partial charge is 0.190 e. The van der Waals surface area contributed by atoms with E-state index in [-0.39, 0.29) is 17.9 Å². The minimum absolute atomic E-state index is 0.0821. The van der Waals surface area contributed by atoms with Gasteiger partial charge in [0, 0.05) is 6.26 Å². The largest absolute Gasteiger partial charge is 0.238 e. The Bertz CT molecular complexity index is 503. The molecule has 0 aliphatic rings. The SMILES string of the molecule is [C-]#[N+]c1ccc(CCS(C)(=O)=O)c(F)c1. The zero-order chi connectivity index (χ0) is 11.5. The Kier molecular flexibility index (Phi) is 3.43. The highest BCUT2D eigenvalue weighted by atomic mass is 32.2. The van der Waals surface area contributed by atoms with Gasteiger partial charge in [-0.1, -0.05) is 12.1 Å². The number of benzene rings is 1. The highest BCUT2D eigenvalue weighted by Gasteiger charge is 2.07. The summed E-state index contributed by atoms with van der Waals surface area (Å²) in [6.45, 7) is 6.67. The maximum atomic E-state index is 13.3. The number of rotatable bonds is 3. The summed E-state index contributed by atoms with van der Waals surface area (Å²) < 4.78 is 35.0. The van der Waals surface area contributed by atoms with Gasteiger partial charge in [-0.05, 0) is 18.1 Å². The van der Waals surface area contributed by atoms with Crippen molar-refractivity contribution in [2.75, 3.05) is 12.0 Å². The molecule has 0 aliphatic carbocycles. The second-order valence-electron chi connectivity index (χ2n) is 3.27. The van der Waals surface area contributed by atoms with Crippen LogP contribution >= 0.6 is 0 Å². The molecular weight excluding hydrogens is 217 g/mol. The van der Waals surface area contributed by atoms with E-state index in [9.17, 15) is 12.8 Å². The average molecular weight is 227 g/mol. The van der Waals surface area contributed by atoms with E-state index in [1.807, 2.05) is 0 Å². The summed E-state index contributed by atoms with van der Waals surface area (Å²) in [6.07, 6.45) is 1.25. The van der Waals surface area contributed by atoms with Gasteiger partial charge in [-0.25, -0.2) is 17.7 Å². The first-order valence-corrected chi connectivity index (χ1v) is 6.32. The summed E-state index contributed by atoms with van der Waals surface area (Å²) in [7, 11) is -3.08. The molecule has 15 heavy (non-hydrogen) atoms. The van der Waals surface area contributed by atoms with Gasteiger partial charge in [0.15, 0.2) is 5.69 Å². The molecule has 1 aromatic carbocycles. The maximum Gasteiger partial charge on any atom is 0.190 e. The van der Waals surface area contributed by atoms with Gasteiger partial charge in [-0.2, -0.15) is 0 Å². The third-order valence-electron chi connectivity index (χ3n) is 1.91. The number of hydrogen-bond acceptors (Lipinski definition) is 2. The van der Waals surface area contributed by atoms with Crippen LogP contribution in [0.1, 0.15) is 5.56 Å². The molecule has 0 N–H and O–H groups in total. The van der Waals surface area contributed by atoms with Crippen molar-refractivity contribution in [1.29, 1.82) is 0 Å². The molecule has 0 atom stereocenters. The summed E-state index contributed by atoms with van der Waals surface area (Å²) in [4.78, 5) is 3.07. The third-order valence-corrected chi connectivity index (χ3v) is 2.85. The molecule has 5 heteroatoms. The predicted molar refractivity (Wildman–Crippen MR) is 56.1 cm³/mol. The van der Waals surface area contributed by atoms with Crippen molar-refractivity contribution in [2.24, 2.45) is 0 Å². The van der Waals surface area contributed by atoms with E-state index in [2.05, 4.69) is 4.85 Å². The van der Waals surface area contributed by atoms with Crippen LogP contribution in [0.4, 0.5) is 10.1 Å². The Balaban J connectivity index is 2.85. The van der Waals surface area contributed by atoms with Crippen LogP contribution in [0.5, 0.6) is 0 Å². The van der Waals surface area contributed by atoms with E-state index < -0.39 is 15.7 Å². The lowest BCUT2D eigenvalue weighted by molar-refractivity contribution is 0.596. The lowest BCUT2D eigenvalue weighted by Crippen LogP contribution is -2.06. The van der Waals surface area contributed by atoms with Crippen molar-refractivity contribution in [3.63, 3.8) is 0 Å². The van der Waals surface area contributed by atoms with E-state index in [0.717, 1.165) is 12.3 Å². The molecule has 0 saturated heterocycles. The molecule has 0 bridgehead atoms. The fourth-order valence-electron chi connectivity index (χ4n) is 1.10. The van der Waals surface area contributed by atoms with Crippen molar-refractivity contribution in [3.05, 3.63) is 41.0 Å². The summed E-state index contributed by atoms with van der Waals surface area (Å²) in [6, 6.07) is 4.05. The molecule has 0 unspecified atom stereocenters.